The molecule has 0 amide bonds. The molecule has 5 N–H and O–H groups in total. The zero-order valence-corrected chi connectivity index (χ0v) is 7.17. The second kappa shape index (κ2) is 8.88. The highest BCUT2D eigenvalue weighted by atomic mass is 16.3. The number of nitrogens with two attached hydrogens (primary N) is 2. The van der Waals surface area contributed by atoms with Crippen molar-refractivity contribution in [2.24, 2.45) is 17.4 Å². The lowest BCUT2D eigenvalue weighted by Gasteiger charge is -2.09. The van der Waals surface area contributed by atoms with Crippen LogP contribution in [-0.4, -0.2) is 24.8 Å². The van der Waals surface area contributed by atoms with Crippen LogP contribution in [0.25, 0.3) is 0 Å². The van der Waals surface area contributed by atoms with Crippen LogP contribution in [0.2, 0.25) is 0 Å². The van der Waals surface area contributed by atoms with Crippen LogP contribution >= 0.6 is 0 Å². The maximum absolute atomic E-state index is 8.46. The van der Waals surface area contributed by atoms with Crippen molar-refractivity contribution in [2.75, 3.05) is 13.7 Å². The molecule has 64 valence electrons. The van der Waals surface area contributed by atoms with Crippen molar-refractivity contribution in [3.63, 3.8) is 0 Å². The molecule has 3 heteroatoms. The van der Waals surface area contributed by atoms with Gasteiger partial charge in [0.05, 0.1) is 6.61 Å². The zero-order valence-electron chi connectivity index (χ0n) is 7.17. The molecular weight excluding hydrogens is 128 g/mol. The van der Waals surface area contributed by atoms with E-state index in [0.717, 1.165) is 6.42 Å². The Hall–Kier alpha value is -0.120. The van der Waals surface area contributed by atoms with Gasteiger partial charge in [-0.1, -0.05) is 13.8 Å². The number of rotatable bonds is 3. The largest absolute Gasteiger partial charge is 0.395 e. The van der Waals surface area contributed by atoms with Crippen LogP contribution in [0.1, 0.15) is 20.3 Å². The Morgan fingerprint density at radius 1 is 1.30 bits per heavy atom. The molecule has 1 unspecified atom stereocenters. The first kappa shape index (κ1) is 12.5. The van der Waals surface area contributed by atoms with E-state index in [4.69, 9.17) is 10.8 Å². The van der Waals surface area contributed by atoms with Gasteiger partial charge in [0.2, 0.25) is 0 Å². The van der Waals surface area contributed by atoms with Gasteiger partial charge in [-0.25, -0.2) is 0 Å². The second-order valence-electron chi connectivity index (χ2n) is 2.57. The molecule has 1 atom stereocenters. The van der Waals surface area contributed by atoms with E-state index in [1.807, 2.05) is 0 Å². The van der Waals surface area contributed by atoms with Crippen molar-refractivity contribution in [2.45, 2.75) is 26.3 Å². The summed E-state index contributed by atoms with van der Waals surface area (Å²) in [6.07, 6.45) is 0.913. The summed E-state index contributed by atoms with van der Waals surface area (Å²) in [7, 11) is 1.50. The second-order valence-corrected chi connectivity index (χ2v) is 2.57. The summed E-state index contributed by atoms with van der Waals surface area (Å²) in [4.78, 5) is 0. The first-order valence-electron chi connectivity index (χ1n) is 3.61. The van der Waals surface area contributed by atoms with E-state index >= 15 is 0 Å². The Bertz CT molecular complexity index is 57.6. The molecule has 0 rings (SSSR count). The van der Waals surface area contributed by atoms with Gasteiger partial charge in [-0.05, 0) is 19.4 Å². The van der Waals surface area contributed by atoms with Gasteiger partial charge in [0.1, 0.15) is 0 Å². The SMILES string of the molecule is CC(C)CC(N)CO.CN. The van der Waals surface area contributed by atoms with E-state index in [9.17, 15) is 0 Å². The summed E-state index contributed by atoms with van der Waals surface area (Å²) in [5.74, 6) is 0.595. The topological polar surface area (TPSA) is 72.3 Å². The fraction of sp³-hybridized carbons (Fsp3) is 1.00. The van der Waals surface area contributed by atoms with Gasteiger partial charge >= 0.3 is 0 Å². The van der Waals surface area contributed by atoms with Crippen LogP contribution in [0, 0.1) is 5.92 Å². The average molecular weight is 148 g/mol. The maximum atomic E-state index is 8.46. The summed E-state index contributed by atoms with van der Waals surface area (Å²) in [5, 5.41) is 8.46. The number of aliphatic hydroxyl groups is 1. The first-order valence-corrected chi connectivity index (χ1v) is 3.61. The van der Waals surface area contributed by atoms with Gasteiger partial charge in [0, 0.05) is 6.04 Å². The zero-order chi connectivity index (χ0) is 8.57. The normalized spacial score (nSPS) is 12.3. The summed E-state index contributed by atoms with van der Waals surface area (Å²) in [5.41, 5.74) is 9.92. The predicted molar refractivity (Wildman–Crippen MR) is 44.6 cm³/mol. The molecule has 0 spiro atoms. The molecule has 0 aliphatic rings. The van der Waals surface area contributed by atoms with Crippen molar-refractivity contribution in [3.8, 4) is 0 Å². The fourth-order valence-electron chi connectivity index (χ4n) is 0.680. The molecule has 0 aromatic heterocycles. The van der Waals surface area contributed by atoms with Crippen molar-refractivity contribution in [1.82, 2.24) is 0 Å². The minimum Gasteiger partial charge on any atom is -0.395 e. The molecule has 0 saturated carbocycles. The smallest absolute Gasteiger partial charge is 0.0582 e. The Labute approximate surface area is 63.4 Å². The quantitative estimate of drug-likeness (QED) is 0.524. The summed E-state index contributed by atoms with van der Waals surface area (Å²) in [6.45, 7) is 4.29. The molecular formula is C7H20N2O. The molecule has 0 aromatic rings. The third-order valence-electron chi connectivity index (χ3n) is 1.01. The molecule has 0 aliphatic heterocycles. The van der Waals surface area contributed by atoms with Gasteiger partial charge in [-0.3, -0.25) is 0 Å². The predicted octanol–water partition coefficient (Wildman–Crippen LogP) is -0.0730. The summed E-state index contributed by atoms with van der Waals surface area (Å²) < 4.78 is 0. The molecule has 0 aliphatic carbocycles. The number of aliphatic hydroxyl groups excluding tert-OH is 1. The molecule has 3 nitrogen and oxygen atoms in total. The van der Waals surface area contributed by atoms with Gasteiger partial charge < -0.3 is 16.6 Å². The van der Waals surface area contributed by atoms with Crippen LogP contribution in [0.15, 0.2) is 0 Å². The molecule has 0 aromatic carbocycles. The lowest BCUT2D eigenvalue weighted by Crippen LogP contribution is -2.25. The van der Waals surface area contributed by atoms with Crippen molar-refractivity contribution in [3.05, 3.63) is 0 Å². The van der Waals surface area contributed by atoms with Crippen LogP contribution in [0.3, 0.4) is 0 Å². The van der Waals surface area contributed by atoms with Crippen LogP contribution in [0.5, 0.6) is 0 Å². The van der Waals surface area contributed by atoms with Gasteiger partial charge in [0.15, 0.2) is 0 Å². The molecule has 0 heterocycles. The van der Waals surface area contributed by atoms with E-state index in [1.54, 1.807) is 0 Å². The molecule has 0 saturated heterocycles. The lowest BCUT2D eigenvalue weighted by molar-refractivity contribution is 0.250. The summed E-state index contributed by atoms with van der Waals surface area (Å²) in [6, 6.07) is -0.0185. The third kappa shape index (κ3) is 10.8. The Morgan fingerprint density at radius 2 is 1.70 bits per heavy atom. The number of hydrogen-bond donors (Lipinski definition) is 3. The standard InChI is InChI=1S/C6H15NO.CH5N/c1-5(2)3-6(7)4-8;1-2/h5-6,8H,3-4,7H2,1-2H3;2H2,1H3. The van der Waals surface area contributed by atoms with E-state index in [2.05, 4.69) is 19.6 Å². The van der Waals surface area contributed by atoms with E-state index in [-0.39, 0.29) is 12.6 Å². The first-order chi connectivity index (χ1) is 4.66. The number of hydrogen-bond acceptors (Lipinski definition) is 3. The van der Waals surface area contributed by atoms with E-state index < -0.39 is 0 Å². The van der Waals surface area contributed by atoms with Crippen molar-refractivity contribution in [1.29, 1.82) is 0 Å². The average Bonchev–Trinajstić information content (AvgIpc) is 1.91. The molecule has 0 bridgehead atoms. The van der Waals surface area contributed by atoms with E-state index in [1.165, 1.54) is 7.05 Å². The molecule has 0 fully saturated rings. The Balaban J connectivity index is 0. The van der Waals surface area contributed by atoms with Gasteiger partial charge in [-0.2, -0.15) is 0 Å². The molecule has 10 heavy (non-hydrogen) atoms. The Kier molecular flexibility index (Phi) is 11.1. The Morgan fingerprint density at radius 3 is 1.80 bits per heavy atom. The van der Waals surface area contributed by atoms with E-state index in [0.29, 0.717) is 5.92 Å². The van der Waals surface area contributed by atoms with Crippen LogP contribution < -0.4 is 11.5 Å². The highest BCUT2D eigenvalue weighted by molar-refractivity contribution is 4.60. The minimum atomic E-state index is -0.0185. The minimum absolute atomic E-state index is 0.0185. The maximum Gasteiger partial charge on any atom is 0.0582 e. The van der Waals surface area contributed by atoms with Gasteiger partial charge in [-0.15, -0.1) is 0 Å². The van der Waals surface area contributed by atoms with Crippen molar-refractivity contribution < 1.29 is 5.11 Å². The summed E-state index contributed by atoms with van der Waals surface area (Å²) >= 11 is 0. The van der Waals surface area contributed by atoms with Crippen LogP contribution in [-0.2, 0) is 0 Å². The van der Waals surface area contributed by atoms with Crippen LogP contribution in [0.4, 0.5) is 0 Å². The fourth-order valence-corrected chi connectivity index (χ4v) is 0.680. The lowest BCUT2D eigenvalue weighted by atomic mass is 10.1. The monoisotopic (exact) mass is 148 g/mol. The third-order valence-corrected chi connectivity index (χ3v) is 1.01. The molecule has 0 radical (unpaired) electrons. The highest BCUT2D eigenvalue weighted by Crippen LogP contribution is 2.00. The highest BCUT2D eigenvalue weighted by Gasteiger charge is 2.01. The van der Waals surface area contributed by atoms with Gasteiger partial charge in [0.25, 0.3) is 0 Å². The van der Waals surface area contributed by atoms with Crippen molar-refractivity contribution >= 4 is 0 Å².